The third-order valence-corrected chi connectivity index (χ3v) is 5.37. The van der Waals surface area contributed by atoms with Crippen molar-refractivity contribution in [2.24, 2.45) is 0 Å². The van der Waals surface area contributed by atoms with Gasteiger partial charge in [-0.2, -0.15) is 25.2 Å². The van der Waals surface area contributed by atoms with E-state index in [9.17, 15) is 18.0 Å². The molecule has 3 aliphatic rings. The Morgan fingerprint density at radius 2 is 2.00 bits per heavy atom. The molecule has 2 bridgehead atoms. The second-order valence-corrected chi connectivity index (χ2v) is 7.81. The minimum Gasteiger partial charge on any atom is -0.309 e. The number of fused-ring (bicyclic) bond motifs is 2. The van der Waals surface area contributed by atoms with Gasteiger partial charge < -0.3 is 4.90 Å². The number of hydrazine groups is 1. The summed E-state index contributed by atoms with van der Waals surface area (Å²) in [5.74, 6) is 1.59. The average molecular weight is 366 g/mol. The lowest BCUT2D eigenvalue weighted by molar-refractivity contribution is -0.130. The zero-order valence-corrected chi connectivity index (χ0v) is 13.9. The molecule has 3 saturated heterocycles. The first-order valence-corrected chi connectivity index (χ1v) is 9.77. The highest BCUT2D eigenvalue weighted by Gasteiger charge is 2.49. The Hall–Kier alpha value is -1.08. The quantitative estimate of drug-likeness (QED) is 0.613. The first kappa shape index (κ1) is 16.8. The largest absolute Gasteiger partial charge is 0.418 e. The molecule has 0 saturated carbocycles. The fourth-order valence-electron chi connectivity index (χ4n) is 3.01. The van der Waals surface area contributed by atoms with Crippen LogP contribution in [-0.2, 0) is 19.5 Å². The molecule has 10 nitrogen and oxygen atoms in total. The van der Waals surface area contributed by atoms with E-state index in [0.717, 1.165) is 24.6 Å². The molecule has 3 rings (SSSR count). The number of nitrogens with zero attached hydrogens (tertiary/aromatic N) is 3. The van der Waals surface area contributed by atoms with Gasteiger partial charge in [0.2, 0.25) is 0 Å². The van der Waals surface area contributed by atoms with E-state index in [0.29, 0.717) is 17.9 Å². The maximum Gasteiger partial charge on any atom is 0.418 e. The van der Waals surface area contributed by atoms with Crippen LogP contribution in [0.1, 0.15) is 12.8 Å². The smallest absolute Gasteiger partial charge is 0.309 e. The standard InChI is InChI=1S/C11H18N4O6S2/c16-10(12-13-3-5-22-6-4-13)9-2-1-8-7-14(9)11(17)15(8)21-23(18,19)20/h8-9H,1-7H2,(H,12,16)(H,18,19,20)/t8?,9-/m0/s1. The minimum atomic E-state index is -4.77. The molecule has 0 radical (unpaired) electrons. The third kappa shape index (κ3) is 3.71. The highest BCUT2D eigenvalue weighted by molar-refractivity contribution is 7.99. The maximum atomic E-state index is 12.4. The lowest BCUT2D eigenvalue weighted by Crippen LogP contribution is -2.55. The summed E-state index contributed by atoms with van der Waals surface area (Å²) < 4.78 is 34.7. The number of piperidine rings is 1. The Balaban J connectivity index is 1.64. The number of amides is 3. The monoisotopic (exact) mass is 366 g/mol. The summed E-state index contributed by atoms with van der Waals surface area (Å²) in [5.41, 5.74) is 2.82. The topological polar surface area (TPSA) is 119 Å². The van der Waals surface area contributed by atoms with Crippen LogP contribution in [-0.4, -0.2) is 83.1 Å². The molecule has 3 aliphatic heterocycles. The molecule has 1 unspecified atom stereocenters. The molecule has 130 valence electrons. The van der Waals surface area contributed by atoms with Gasteiger partial charge in [0, 0.05) is 31.1 Å². The normalized spacial score (nSPS) is 29.0. The van der Waals surface area contributed by atoms with Crippen molar-refractivity contribution in [3.63, 3.8) is 0 Å². The summed E-state index contributed by atoms with van der Waals surface area (Å²) >= 11 is 1.82. The Labute approximate surface area is 138 Å². The van der Waals surface area contributed by atoms with E-state index in [-0.39, 0.29) is 12.5 Å². The molecular weight excluding hydrogens is 348 g/mol. The van der Waals surface area contributed by atoms with E-state index in [1.807, 2.05) is 16.8 Å². The van der Waals surface area contributed by atoms with Gasteiger partial charge in [0.05, 0.1) is 6.04 Å². The van der Waals surface area contributed by atoms with E-state index in [2.05, 4.69) is 9.71 Å². The first-order chi connectivity index (χ1) is 10.8. The van der Waals surface area contributed by atoms with Crippen LogP contribution in [0.4, 0.5) is 4.79 Å². The molecule has 3 heterocycles. The Morgan fingerprint density at radius 3 is 2.65 bits per heavy atom. The van der Waals surface area contributed by atoms with Crippen LogP contribution in [0.3, 0.4) is 0 Å². The van der Waals surface area contributed by atoms with Gasteiger partial charge in [0.1, 0.15) is 6.04 Å². The number of hydrogen-bond acceptors (Lipinski definition) is 7. The molecule has 23 heavy (non-hydrogen) atoms. The minimum absolute atomic E-state index is 0.197. The summed E-state index contributed by atoms with van der Waals surface area (Å²) in [7, 11) is -4.77. The molecule has 0 aromatic rings. The molecule has 12 heteroatoms. The third-order valence-electron chi connectivity index (χ3n) is 4.08. The first-order valence-electron chi connectivity index (χ1n) is 7.25. The number of rotatable bonds is 4. The maximum absolute atomic E-state index is 12.4. The SMILES string of the molecule is O=C(NN1CCSCC1)[C@@H]1CCC2CN1C(=O)N2OS(=O)(=O)O. The van der Waals surface area contributed by atoms with Crippen LogP contribution >= 0.6 is 11.8 Å². The number of carbonyl (C=O) groups is 2. The van der Waals surface area contributed by atoms with Crippen molar-refractivity contribution in [3.8, 4) is 0 Å². The fraction of sp³-hybridized carbons (Fsp3) is 0.818. The molecular formula is C11H18N4O6S2. The highest BCUT2D eigenvalue weighted by Crippen LogP contribution is 2.30. The summed E-state index contributed by atoms with van der Waals surface area (Å²) in [4.78, 5) is 25.9. The molecule has 3 amide bonds. The van der Waals surface area contributed by atoms with E-state index in [4.69, 9.17) is 4.55 Å². The summed E-state index contributed by atoms with van der Waals surface area (Å²) in [5, 5.41) is 2.47. The summed E-state index contributed by atoms with van der Waals surface area (Å²) in [6.07, 6.45) is 0.835. The van der Waals surface area contributed by atoms with Crippen molar-refractivity contribution in [3.05, 3.63) is 0 Å². The molecule has 0 aromatic carbocycles. The van der Waals surface area contributed by atoms with Crippen LogP contribution in [0.25, 0.3) is 0 Å². The van der Waals surface area contributed by atoms with Crippen molar-refractivity contribution < 1.29 is 26.8 Å². The van der Waals surface area contributed by atoms with Gasteiger partial charge in [0.15, 0.2) is 0 Å². The molecule has 0 aromatic heterocycles. The van der Waals surface area contributed by atoms with E-state index in [1.54, 1.807) is 0 Å². The van der Waals surface area contributed by atoms with Gasteiger partial charge in [0.25, 0.3) is 5.91 Å². The average Bonchev–Trinajstić information content (AvgIpc) is 2.72. The van der Waals surface area contributed by atoms with E-state index < -0.39 is 28.5 Å². The van der Waals surface area contributed by atoms with Crippen molar-refractivity contribution >= 4 is 34.1 Å². The summed E-state index contributed by atoms with van der Waals surface area (Å²) in [6, 6.07) is -1.87. The van der Waals surface area contributed by atoms with Crippen molar-refractivity contribution in [2.75, 3.05) is 31.1 Å². The Bertz CT molecular complexity index is 593. The zero-order valence-electron chi connectivity index (χ0n) is 12.3. The number of hydrogen-bond donors (Lipinski definition) is 2. The molecule has 2 atom stereocenters. The van der Waals surface area contributed by atoms with E-state index >= 15 is 0 Å². The predicted molar refractivity (Wildman–Crippen MR) is 80.4 cm³/mol. The lowest BCUT2D eigenvalue weighted by Gasteiger charge is -2.33. The van der Waals surface area contributed by atoms with Crippen molar-refractivity contribution in [2.45, 2.75) is 24.9 Å². The van der Waals surface area contributed by atoms with Gasteiger partial charge in [-0.1, -0.05) is 0 Å². The van der Waals surface area contributed by atoms with Crippen LogP contribution in [0, 0.1) is 0 Å². The summed E-state index contributed by atoms with van der Waals surface area (Å²) in [6.45, 7) is 1.69. The highest BCUT2D eigenvalue weighted by atomic mass is 32.3. The van der Waals surface area contributed by atoms with Crippen molar-refractivity contribution in [1.29, 1.82) is 0 Å². The van der Waals surface area contributed by atoms with Gasteiger partial charge in [-0.3, -0.25) is 14.8 Å². The second-order valence-electron chi connectivity index (χ2n) is 5.59. The number of urea groups is 1. The number of thioether (sulfide) groups is 1. The molecule has 3 fully saturated rings. The van der Waals surface area contributed by atoms with Gasteiger partial charge in [-0.25, -0.2) is 9.80 Å². The molecule has 0 spiro atoms. The van der Waals surface area contributed by atoms with Gasteiger partial charge in [-0.15, -0.1) is 4.28 Å². The number of carbonyl (C=O) groups excluding carboxylic acids is 2. The zero-order chi connectivity index (χ0) is 16.6. The van der Waals surface area contributed by atoms with Crippen molar-refractivity contribution in [1.82, 2.24) is 20.4 Å². The Morgan fingerprint density at radius 1 is 1.30 bits per heavy atom. The van der Waals surface area contributed by atoms with Gasteiger partial charge >= 0.3 is 16.4 Å². The fourth-order valence-corrected chi connectivity index (χ4v) is 4.30. The lowest BCUT2D eigenvalue weighted by atomic mass is 10.0. The predicted octanol–water partition coefficient (Wildman–Crippen LogP) is -0.931. The number of nitrogens with one attached hydrogen (secondary N) is 1. The van der Waals surface area contributed by atoms with Gasteiger partial charge in [-0.05, 0) is 12.8 Å². The van der Waals surface area contributed by atoms with Crippen LogP contribution in [0.2, 0.25) is 0 Å². The van der Waals surface area contributed by atoms with Crippen LogP contribution in [0.5, 0.6) is 0 Å². The Kier molecular flexibility index (Phi) is 4.69. The van der Waals surface area contributed by atoms with Crippen LogP contribution in [0.15, 0.2) is 0 Å². The molecule has 2 N–H and O–H groups in total. The van der Waals surface area contributed by atoms with Crippen LogP contribution < -0.4 is 5.43 Å². The molecule has 0 aliphatic carbocycles. The number of hydroxylamine groups is 2. The second kappa shape index (κ2) is 6.43. The van der Waals surface area contributed by atoms with E-state index in [1.165, 1.54) is 4.90 Å².